The van der Waals surface area contributed by atoms with Gasteiger partial charge >= 0.3 is 0 Å². The van der Waals surface area contributed by atoms with Crippen LogP contribution in [0.2, 0.25) is 0 Å². The van der Waals surface area contributed by atoms with Crippen LogP contribution in [0.15, 0.2) is 18.3 Å². The molecule has 0 unspecified atom stereocenters. The second kappa shape index (κ2) is 4.00. The molecular formula is C10H12FN. The molecule has 0 atom stereocenters. The van der Waals surface area contributed by atoms with E-state index in [0.29, 0.717) is 11.6 Å². The summed E-state index contributed by atoms with van der Waals surface area (Å²) in [7, 11) is 0. The molecule has 0 N–H and O–H groups in total. The minimum absolute atomic E-state index is 0.101. The molecule has 0 aromatic carbocycles. The molecule has 1 nitrogen and oxygen atoms in total. The molecule has 0 bridgehead atoms. The van der Waals surface area contributed by atoms with Gasteiger partial charge in [0.25, 0.3) is 0 Å². The van der Waals surface area contributed by atoms with Crippen LogP contribution in [0.5, 0.6) is 0 Å². The zero-order valence-corrected chi connectivity index (χ0v) is 7.34. The van der Waals surface area contributed by atoms with Crippen molar-refractivity contribution in [3.63, 3.8) is 0 Å². The molecule has 1 aromatic rings. The summed E-state index contributed by atoms with van der Waals surface area (Å²) in [6, 6.07) is 3.50. The van der Waals surface area contributed by atoms with E-state index >= 15 is 0 Å². The van der Waals surface area contributed by atoms with Gasteiger partial charge in [-0.05, 0) is 25.5 Å². The van der Waals surface area contributed by atoms with Gasteiger partial charge in [0.05, 0.1) is 5.35 Å². The SMILES string of the molecule is C/C=c1/nccc/c1=C(\F)CC. The molecule has 0 saturated heterocycles. The summed E-state index contributed by atoms with van der Waals surface area (Å²) in [4.78, 5) is 4.05. The van der Waals surface area contributed by atoms with Crippen LogP contribution >= 0.6 is 0 Å². The first kappa shape index (κ1) is 8.91. The maximum atomic E-state index is 13.2. The molecule has 0 saturated carbocycles. The Kier molecular flexibility index (Phi) is 2.97. The second-order valence-electron chi connectivity index (χ2n) is 2.48. The van der Waals surface area contributed by atoms with Crippen LogP contribution in [0.1, 0.15) is 20.3 Å². The van der Waals surface area contributed by atoms with Gasteiger partial charge in [-0.25, -0.2) is 4.39 Å². The fourth-order valence-electron chi connectivity index (χ4n) is 1.07. The third-order valence-electron chi connectivity index (χ3n) is 1.71. The number of halogens is 1. The van der Waals surface area contributed by atoms with E-state index in [9.17, 15) is 4.39 Å². The van der Waals surface area contributed by atoms with Crippen molar-refractivity contribution in [3.8, 4) is 0 Å². The highest BCUT2D eigenvalue weighted by molar-refractivity contribution is 5.35. The lowest BCUT2D eigenvalue weighted by atomic mass is 10.2. The normalized spacial score (nSPS) is 14.8. The predicted molar refractivity (Wildman–Crippen MR) is 48.4 cm³/mol. The number of rotatable bonds is 1. The summed E-state index contributed by atoms with van der Waals surface area (Å²) in [5.41, 5.74) is 0. The number of aromatic nitrogens is 1. The van der Waals surface area contributed by atoms with Gasteiger partial charge in [-0.2, -0.15) is 0 Å². The maximum Gasteiger partial charge on any atom is 0.109 e. The Morgan fingerprint density at radius 1 is 1.67 bits per heavy atom. The van der Waals surface area contributed by atoms with Crippen molar-refractivity contribution in [1.82, 2.24) is 4.98 Å². The van der Waals surface area contributed by atoms with Gasteiger partial charge in [0.2, 0.25) is 0 Å². The molecule has 1 aromatic heterocycles. The van der Waals surface area contributed by atoms with E-state index in [4.69, 9.17) is 0 Å². The molecule has 2 heteroatoms. The number of hydrogen-bond donors (Lipinski definition) is 0. The quantitative estimate of drug-likeness (QED) is 0.612. The fraction of sp³-hybridized carbons (Fsp3) is 0.300. The van der Waals surface area contributed by atoms with Crippen molar-refractivity contribution in [2.24, 2.45) is 0 Å². The molecule has 12 heavy (non-hydrogen) atoms. The summed E-state index contributed by atoms with van der Waals surface area (Å²) in [6.45, 7) is 3.65. The van der Waals surface area contributed by atoms with E-state index in [0.717, 1.165) is 5.35 Å². The van der Waals surface area contributed by atoms with Crippen molar-refractivity contribution >= 4 is 11.9 Å². The van der Waals surface area contributed by atoms with Crippen molar-refractivity contribution in [2.75, 3.05) is 0 Å². The van der Waals surface area contributed by atoms with Crippen molar-refractivity contribution < 1.29 is 4.39 Å². The second-order valence-corrected chi connectivity index (χ2v) is 2.48. The van der Waals surface area contributed by atoms with Crippen LogP contribution < -0.4 is 10.6 Å². The predicted octanol–water partition coefficient (Wildman–Crippen LogP) is 1.37. The third kappa shape index (κ3) is 1.70. The number of pyridine rings is 1. The van der Waals surface area contributed by atoms with E-state index in [2.05, 4.69) is 4.98 Å². The molecule has 64 valence electrons. The number of hydrogen-bond acceptors (Lipinski definition) is 1. The van der Waals surface area contributed by atoms with Gasteiger partial charge in [0.15, 0.2) is 0 Å². The summed E-state index contributed by atoms with van der Waals surface area (Å²) in [5.74, 6) is -0.101. The topological polar surface area (TPSA) is 12.9 Å². The van der Waals surface area contributed by atoms with Crippen molar-refractivity contribution in [1.29, 1.82) is 0 Å². The monoisotopic (exact) mass is 165 g/mol. The lowest BCUT2D eigenvalue weighted by molar-refractivity contribution is 0.709. The highest BCUT2D eigenvalue weighted by Crippen LogP contribution is 1.97. The summed E-state index contributed by atoms with van der Waals surface area (Å²) < 4.78 is 13.2. The van der Waals surface area contributed by atoms with Gasteiger partial charge in [0, 0.05) is 11.4 Å². The lowest BCUT2D eigenvalue weighted by Gasteiger charge is -1.91. The summed E-state index contributed by atoms with van der Waals surface area (Å²) in [6.07, 6.45) is 3.90. The van der Waals surface area contributed by atoms with Gasteiger partial charge in [-0.1, -0.05) is 13.0 Å². The molecule has 0 spiro atoms. The van der Waals surface area contributed by atoms with Gasteiger partial charge in [0.1, 0.15) is 5.83 Å². The van der Waals surface area contributed by atoms with Crippen LogP contribution in [0.4, 0.5) is 4.39 Å². The number of nitrogens with zero attached hydrogens (tertiary/aromatic N) is 1. The Morgan fingerprint density at radius 3 is 3.00 bits per heavy atom. The Labute approximate surface area is 71.3 Å². The Balaban J connectivity index is 3.54. The molecule has 0 amide bonds. The molecule has 1 heterocycles. The zero-order valence-electron chi connectivity index (χ0n) is 7.34. The van der Waals surface area contributed by atoms with E-state index in [1.807, 2.05) is 13.0 Å². The summed E-state index contributed by atoms with van der Waals surface area (Å²) >= 11 is 0. The molecular weight excluding hydrogens is 153 g/mol. The Bertz CT molecular complexity index is 368. The van der Waals surface area contributed by atoms with Crippen LogP contribution in [0, 0.1) is 0 Å². The Morgan fingerprint density at radius 2 is 2.42 bits per heavy atom. The molecule has 0 aliphatic rings. The van der Waals surface area contributed by atoms with E-state index < -0.39 is 0 Å². The minimum Gasteiger partial charge on any atom is -0.257 e. The first-order valence-corrected chi connectivity index (χ1v) is 4.05. The van der Waals surface area contributed by atoms with Crippen LogP contribution in [0.3, 0.4) is 0 Å². The molecule has 1 rings (SSSR count). The van der Waals surface area contributed by atoms with E-state index in [1.54, 1.807) is 25.3 Å². The lowest BCUT2D eigenvalue weighted by Crippen LogP contribution is -2.28. The summed E-state index contributed by atoms with van der Waals surface area (Å²) in [5, 5.41) is 1.33. The Hall–Kier alpha value is -1.18. The average Bonchev–Trinajstić information content (AvgIpc) is 2.16. The zero-order chi connectivity index (χ0) is 8.97. The molecule has 0 radical (unpaired) electrons. The van der Waals surface area contributed by atoms with Gasteiger partial charge < -0.3 is 0 Å². The van der Waals surface area contributed by atoms with Crippen molar-refractivity contribution in [3.05, 3.63) is 28.9 Å². The smallest absolute Gasteiger partial charge is 0.109 e. The highest BCUT2D eigenvalue weighted by Gasteiger charge is 1.92. The first-order valence-electron chi connectivity index (χ1n) is 4.05. The highest BCUT2D eigenvalue weighted by atomic mass is 19.1. The third-order valence-corrected chi connectivity index (χ3v) is 1.71. The molecule has 0 aliphatic carbocycles. The van der Waals surface area contributed by atoms with Crippen LogP contribution in [0.25, 0.3) is 11.9 Å². The fourth-order valence-corrected chi connectivity index (χ4v) is 1.07. The maximum absolute atomic E-state index is 13.2. The minimum atomic E-state index is -0.101. The van der Waals surface area contributed by atoms with Gasteiger partial charge in [-0.15, -0.1) is 0 Å². The van der Waals surface area contributed by atoms with Crippen molar-refractivity contribution in [2.45, 2.75) is 20.3 Å². The van der Waals surface area contributed by atoms with E-state index in [-0.39, 0.29) is 5.83 Å². The first-order chi connectivity index (χ1) is 5.79. The van der Waals surface area contributed by atoms with Gasteiger partial charge in [-0.3, -0.25) is 4.98 Å². The average molecular weight is 165 g/mol. The van der Waals surface area contributed by atoms with Crippen LogP contribution in [-0.4, -0.2) is 4.98 Å². The molecule has 0 aliphatic heterocycles. The molecule has 0 fully saturated rings. The van der Waals surface area contributed by atoms with Crippen LogP contribution in [-0.2, 0) is 0 Å². The van der Waals surface area contributed by atoms with E-state index in [1.165, 1.54) is 0 Å². The largest absolute Gasteiger partial charge is 0.257 e. The standard InChI is InChI=1S/C10H12FN/c1-3-9(11)8-6-5-7-12-10(8)4-2/h4-7H,3H2,1-2H3/b9-8+,10-4+.